The summed E-state index contributed by atoms with van der Waals surface area (Å²) in [6, 6.07) is 9.30. The molecule has 2 heterocycles. The molecule has 2 bridgehead atoms. The maximum atomic E-state index is 13.0. The van der Waals surface area contributed by atoms with Crippen LogP contribution in [0.15, 0.2) is 30.3 Å². The summed E-state index contributed by atoms with van der Waals surface area (Å²) >= 11 is 0. The van der Waals surface area contributed by atoms with E-state index < -0.39 is 0 Å². The number of hydrogen-bond donors (Lipinski definition) is 2. The fourth-order valence-corrected chi connectivity index (χ4v) is 7.39. The first kappa shape index (κ1) is 25.2. The average Bonchev–Trinajstić information content (AvgIpc) is 3.27. The Bertz CT molecular complexity index is 980. The summed E-state index contributed by atoms with van der Waals surface area (Å²) < 4.78 is 6.08. The first-order valence-corrected chi connectivity index (χ1v) is 13.8. The summed E-state index contributed by atoms with van der Waals surface area (Å²) in [5.41, 5.74) is 1.00. The topological polar surface area (TPSA) is 87.7 Å². The van der Waals surface area contributed by atoms with Crippen LogP contribution in [0.4, 0.5) is 0 Å². The largest absolute Gasteiger partial charge is 0.377 e. The van der Waals surface area contributed by atoms with Gasteiger partial charge in [-0.3, -0.25) is 14.4 Å². The predicted molar refractivity (Wildman–Crippen MR) is 137 cm³/mol. The van der Waals surface area contributed by atoms with Crippen molar-refractivity contribution in [1.82, 2.24) is 15.5 Å². The second-order valence-electron chi connectivity index (χ2n) is 12.1. The molecule has 7 atom stereocenters. The number of rotatable bonds is 7. The number of benzene rings is 1. The molecule has 5 aliphatic rings. The van der Waals surface area contributed by atoms with Gasteiger partial charge in [0.25, 0.3) is 5.91 Å². The van der Waals surface area contributed by atoms with E-state index >= 15 is 0 Å². The quantitative estimate of drug-likeness (QED) is 0.608. The summed E-state index contributed by atoms with van der Waals surface area (Å²) in [6.07, 6.45) is 3.81. The van der Waals surface area contributed by atoms with Crippen molar-refractivity contribution in [2.45, 2.75) is 65.0 Å². The Morgan fingerprint density at radius 2 is 1.92 bits per heavy atom. The van der Waals surface area contributed by atoms with Crippen molar-refractivity contribution in [1.29, 1.82) is 0 Å². The molecule has 1 aromatic rings. The van der Waals surface area contributed by atoms with Crippen LogP contribution in [0.2, 0.25) is 0 Å². The van der Waals surface area contributed by atoms with Gasteiger partial charge in [0.05, 0.1) is 19.1 Å². The van der Waals surface area contributed by atoms with Crippen LogP contribution in [0, 0.1) is 35.0 Å². The van der Waals surface area contributed by atoms with Gasteiger partial charge in [-0.2, -0.15) is 0 Å². The van der Waals surface area contributed by atoms with Crippen LogP contribution in [0.1, 0.15) is 63.2 Å². The van der Waals surface area contributed by atoms with Gasteiger partial charge in [0.15, 0.2) is 0 Å². The molecule has 7 nitrogen and oxygen atoms in total. The summed E-state index contributed by atoms with van der Waals surface area (Å²) in [4.78, 5) is 40.0. The third kappa shape index (κ3) is 4.91. The van der Waals surface area contributed by atoms with Gasteiger partial charge in [-0.25, -0.2) is 0 Å². The molecule has 3 saturated carbocycles. The molecule has 0 radical (unpaired) electrons. The smallest absolute Gasteiger partial charge is 0.251 e. The highest BCUT2D eigenvalue weighted by Crippen LogP contribution is 2.61. The molecule has 2 saturated heterocycles. The minimum absolute atomic E-state index is 0.0507. The van der Waals surface area contributed by atoms with Crippen LogP contribution in [0.3, 0.4) is 0 Å². The third-order valence-corrected chi connectivity index (χ3v) is 9.91. The van der Waals surface area contributed by atoms with Crippen molar-refractivity contribution < 1.29 is 19.1 Å². The molecule has 1 aromatic carbocycles. The van der Waals surface area contributed by atoms with Gasteiger partial charge < -0.3 is 20.3 Å². The van der Waals surface area contributed by atoms with Crippen molar-refractivity contribution in [3.8, 4) is 0 Å². The summed E-state index contributed by atoms with van der Waals surface area (Å²) in [5.74, 6) is 2.51. The molecular formula is C29H41N3O4. The van der Waals surface area contributed by atoms with Crippen LogP contribution < -0.4 is 10.6 Å². The summed E-state index contributed by atoms with van der Waals surface area (Å²) in [6.45, 7) is 9.38. The lowest BCUT2D eigenvalue weighted by Crippen LogP contribution is -2.60. The van der Waals surface area contributed by atoms with Crippen molar-refractivity contribution in [2.75, 3.05) is 26.2 Å². The fourth-order valence-electron chi connectivity index (χ4n) is 7.39. The highest BCUT2D eigenvalue weighted by molar-refractivity contribution is 5.94. The Hall–Kier alpha value is -2.41. The Labute approximate surface area is 214 Å². The van der Waals surface area contributed by atoms with Gasteiger partial charge >= 0.3 is 0 Å². The maximum absolute atomic E-state index is 13.0. The molecule has 0 spiro atoms. The second-order valence-corrected chi connectivity index (χ2v) is 12.1. The average molecular weight is 496 g/mol. The van der Waals surface area contributed by atoms with E-state index in [-0.39, 0.29) is 42.2 Å². The number of fused-ring (bicyclic) bond motifs is 3. The molecule has 0 aromatic heterocycles. The number of nitrogens with one attached hydrogen (secondary N) is 2. The Balaban J connectivity index is 1.08. The normalized spacial score (nSPS) is 34.3. The number of carbonyl (C=O) groups is 3. The number of hydrogen-bond acceptors (Lipinski definition) is 4. The maximum Gasteiger partial charge on any atom is 0.251 e. The van der Waals surface area contributed by atoms with Crippen LogP contribution in [-0.2, 0) is 14.3 Å². The monoisotopic (exact) mass is 495 g/mol. The molecule has 6 rings (SSSR count). The van der Waals surface area contributed by atoms with Crippen molar-refractivity contribution in [2.24, 2.45) is 35.0 Å². The fraction of sp³-hybridized carbons (Fsp3) is 0.690. The highest BCUT2D eigenvalue weighted by Gasteiger charge is 2.56. The molecule has 196 valence electrons. The van der Waals surface area contributed by atoms with E-state index in [4.69, 9.17) is 4.74 Å². The number of ether oxygens (including phenoxy) is 1. The number of nitrogens with zero attached hydrogens (tertiary/aromatic N) is 1. The number of carbonyl (C=O) groups excluding carboxylic acids is 3. The highest BCUT2D eigenvalue weighted by atomic mass is 16.5. The molecule has 3 amide bonds. The van der Waals surface area contributed by atoms with E-state index in [2.05, 4.69) is 31.4 Å². The van der Waals surface area contributed by atoms with Gasteiger partial charge in [0.2, 0.25) is 11.8 Å². The van der Waals surface area contributed by atoms with Gasteiger partial charge in [0.1, 0.15) is 0 Å². The standard InChI is InChI=1S/C29H41N3O4/c1-18-23-13-21(29(23,2)3)14-24(18)31-26(33)15-25-22-16-32(12-10-20(22)17-36-25)27(34)9-11-30-28(35)19-7-5-4-6-8-19/h4-8,18,20-25H,9-17H2,1-3H3,(H,30,35)(H,31,33)/t18-,20+,21+,22+,23-,24-,25?/m1/s1. The molecule has 36 heavy (non-hydrogen) atoms. The third-order valence-electron chi connectivity index (χ3n) is 9.91. The van der Waals surface area contributed by atoms with Gasteiger partial charge in [-0.15, -0.1) is 0 Å². The molecule has 2 N–H and O–H groups in total. The zero-order chi connectivity index (χ0) is 25.4. The van der Waals surface area contributed by atoms with Crippen molar-refractivity contribution in [3.63, 3.8) is 0 Å². The van der Waals surface area contributed by atoms with Crippen molar-refractivity contribution in [3.05, 3.63) is 35.9 Å². The second kappa shape index (κ2) is 10.2. The van der Waals surface area contributed by atoms with Gasteiger partial charge in [0, 0.05) is 43.6 Å². The number of amides is 3. The van der Waals surface area contributed by atoms with E-state index in [9.17, 15) is 14.4 Å². The van der Waals surface area contributed by atoms with Crippen LogP contribution in [0.25, 0.3) is 0 Å². The molecular weight excluding hydrogens is 454 g/mol. The Morgan fingerprint density at radius 1 is 1.14 bits per heavy atom. The zero-order valence-electron chi connectivity index (χ0n) is 21.9. The van der Waals surface area contributed by atoms with E-state index in [0.717, 1.165) is 12.8 Å². The first-order chi connectivity index (χ1) is 17.2. The summed E-state index contributed by atoms with van der Waals surface area (Å²) in [7, 11) is 0. The number of piperidine rings is 1. The van der Waals surface area contributed by atoms with E-state index in [0.29, 0.717) is 67.3 Å². The predicted octanol–water partition coefficient (Wildman–Crippen LogP) is 3.25. The van der Waals surface area contributed by atoms with Gasteiger partial charge in [-0.1, -0.05) is 39.0 Å². The minimum atomic E-state index is -0.162. The Kier molecular flexibility index (Phi) is 7.12. The van der Waals surface area contributed by atoms with E-state index in [1.165, 1.54) is 6.42 Å². The summed E-state index contributed by atoms with van der Waals surface area (Å²) in [5, 5.41) is 6.18. The lowest BCUT2D eigenvalue weighted by Gasteiger charge is -2.62. The van der Waals surface area contributed by atoms with E-state index in [1.807, 2.05) is 23.1 Å². The zero-order valence-corrected chi connectivity index (χ0v) is 21.9. The lowest BCUT2D eigenvalue weighted by molar-refractivity contribution is -0.136. The first-order valence-electron chi connectivity index (χ1n) is 13.8. The Morgan fingerprint density at radius 3 is 2.64 bits per heavy atom. The minimum Gasteiger partial charge on any atom is -0.377 e. The molecule has 2 aliphatic heterocycles. The van der Waals surface area contributed by atoms with Gasteiger partial charge in [-0.05, 0) is 60.5 Å². The molecule has 7 heteroatoms. The van der Waals surface area contributed by atoms with Crippen LogP contribution in [0.5, 0.6) is 0 Å². The van der Waals surface area contributed by atoms with Crippen molar-refractivity contribution >= 4 is 17.7 Å². The molecule has 5 fully saturated rings. The SMILES string of the molecule is C[C@@H]1[C@H]2C[C@@H](C[C@H]1NC(=O)CC1OC[C@@H]3CCN(C(=O)CCNC(=O)c4ccccc4)C[C@H]13)C2(C)C. The molecule has 1 unspecified atom stereocenters. The van der Waals surface area contributed by atoms with E-state index in [1.54, 1.807) is 12.1 Å². The number of likely N-dealkylation sites (tertiary alicyclic amines) is 1. The lowest BCUT2D eigenvalue weighted by atomic mass is 9.45. The van der Waals surface area contributed by atoms with Crippen LogP contribution >= 0.6 is 0 Å². The van der Waals surface area contributed by atoms with Crippen LogP contribution in [-0.4, -0.2) is 61.0 Å². The molecule has 3 aliphatic carbocycles.